The first-order valence-electron chi connectivity index (χ1n) is 6.40. The first-order valence-corrected chi connectivity index (χ1v) is 10.1. The molecule has 0 amide bonds. The highest BCUT2D eigenvalue weighted by Gasteiger charge is 2.21. The maximum Gasteiger partial charge on any atom is 0.252 e. The van der Waals surface area contributed by atoms with Gasteiger partial charge in [-0.2, -0.15) is 0 Å². The van der Waals surface area contributed by atoms with Gasteiger partial charge in [-0.05, 0) is 24.3 Å². The predicted octanol–water partition coefficient (Wildman–Crippen LogP) is 1.62. The average Bonchev–Trinajstić information content (AvgIpc) is 2.95. The first kappa shape index (κ1) is 18.0. The summed E-state index contributed by atoms with van der Waals surface area (Å²) < 4.78 is 65.1. The van der Waals surface area contributed by atoms with E-state index in [0.717, 1.165) is 27.8 Å². The fourth-order valence-corrected chi connectivity index (χ4v) is 5.32. The van der Waals surface area contributed by atoms with Crippen molar-refractivity contribution in [2.24, 2.45) is 0 Å². The molecule has 0 aliphatic heterocycles. The zero-order valence-electron chi connectivity index (χ0n) is 12.4. The summed E-state index contributed by atoms with van der Waals surface area (Å²) in [5.41, 5.74) is 0. The first-order chi connectivity index (χ1) is 10.6. The van der Waals surface area contributed by atoms with E-state index in [1.807, 2.05) is 0 Å². The van der Waals surface area contributed by atoms with Crippen molar-refractivity contribution in [2.75, 3.05) is 14.1 Å². The highest BCUT2D eigenvalue weighted by Crippen LogP contribution is 2.24. The third kappa shape index (κ3) is 3.96. The van der Waals surface area contributed by atoms with E-state index in [4.69, 9.17) is 0 Å². The fourth-order valence-electron chi connectivity index (χ4n) is 1.68. The molecule has 0 fully saturated rings. The van der Waals surface area contributed by atoms with E-state index in [1.54, 1.807) is 0 Å². The van der Waals surface area contributed by atoms with Crippen molar-refractivity contribution in [1.29, 1.82) is 0 Å². The second kappa shape index (κ2) is 6.65. The fraction of sp³-hybridized carbons (Fsp3) is 0.231. The molecule has 1 N–H and O–H groups in total. The van der Waals surface area contributed by atoms with Crippen LogP contribution in [0.4, 0.5) is 4.39 Å². The highest BCUT2D eigenvalue weighted by molar-refractivity contribution is 7.91. The molecule has 1 aromatic heterocycles. The molecule has 0 atom stereocenters. The quantitative estimate of drug-likeness (QED) is 0.828. The summed E-state index contributed by atoms with van der Waals surface area (Å²) in [6, 6.07) is 7.96. The molecule has 2 rings (SSSR count). The van der Waals surface area contributed by atoms with Crippen molar-refractivity contribution < 1.29 is 21.2 Å². The number of nitrogens with one attached hydrogen (secondary N) is 1. The molecule has 0 radical (unpaired) electrons. The molecule has 126 valence electrons. The van der Waals surface area contributed by atoms with Crippen LogP contribution in [0.2, 0.25) is 0 Å². The van der Waals surface area contributed by atoms with E-state index in [1.165, 1.54) is 38.4 Å². The molecule has 0 saturated heterocycles. The molecule has 23 heavy (non-hydrogen) atoms. The number of benzene rings is 1. The molecule has 1 aromatic carbocycles. The zero-order valence-corrected chi connectivity index (χ0v) is 14.8. The van der Waals surface area contributed by atoms with Gasteiger partial charge < -0.3 is 0 Å². The summed E-state index contributed by atoms with van der Waals surface area (Å²) >= 11 is 0.958. The molecule has 0 aliphatic rings. The molecule has 10 heteroatoms. The maximum atomic E-state index is 13.6. The Bertz CT molecular complexity index is 905. The van der Waals surface area contributed by atoms with Gasteiger partial charge in [0.15, 0.2) is 0 Å². The Morgan fingerprint density at radius 2 is 1.74 bits per heavy atom. The molecule has 0 aliphatic carbocycles. The Labute approximate surface area is 138 Å². The topological polar surface area (TPSA) is 83.6 Å². The lowest BCUT2D eigenvalue weighted by Gasteiger charge is -2.08. The molecular formula is C13H15FN2O4S3. The van der Waals surface area contributed by atoms with E-state index < -0.39 is 30.8 Å². The van der Waals surface area contributed by atoms with Crippen LogP contribution in [0.25, 0.3) is 0 Å². The van der Waals surface area contributed by atoms with E-state index in [9.17, 15) is 21.2 Å². The molecular weight excluding hydrogens is 363 g/mol. The van der Waals surface area contributed by atoms with Crippen LogP contribution >= 0.6 is 11.3 Å². The predicted molar refractivity (Wildman–Crippen MR) is 85.6 cm³/mol. The van der Waals surface area contributed by atoms with Crippen LogP contribution in [0.15, 0.2) is 45.5 Å². The van der Waals surface area contributed by atoms with Crippen molar-refractivity contribution in [3.63, 3.8) is 0 Å². The number of thiophene rings is 1. The van der Waals surface area contributed by atoms with Crippen molar-refractivity contribution in [1.82, 2.24) is 9.03 Å². The minimum Gasteiger partial charge on any atom is -0.207 e. The molecule has 0 bridgehead atoms. The Morgan fingerprint density at radius 3 is 2.35 bits per heavy atom. The Kier molecular flexibility index (Phi) is 5.21. The van der Waals surface area contributed by atoms with Gasteiger partial charge in [-0.3, -0.25) is 0 Å². The number of rotatable bonds is 6. The normalized spacial score (nSPS) is 12.7. The number of halogens is 1. The second-order valence-electron chi connectivity index (χ2n) is 4.76. The third-order valence-electron chi connectivity index (χ3n) is 2.93. The van der Waals surface area contributed by atoms with Gasteiger partial charge in [0.05, 0.1) is 0 Å². The lowest BCUT2D eigenvalue weighted by atomic mass is 10.4. The number of sulfonamides is 2. The van der Waals surface area contributed by atoms with Crippen molar-refractivity contribution in [2.45, 2.75) is 15.6 Å². The van der Waals surface area contributed by atoms with E-state index >= 15 is 0 Å². The smallest absolute Gasteiger partial charge is 0.207 e. The Morgan fingerprint density at radius 1 is 1.09 bits per heavy atom. The van der Waals surface area contributed by atoms with Gasteiger partial charge in [0.25, 0.3) is 10.0 Å². The zero-order chi connectivity index (χ0) is 17.3. The molecule has 0 saturated carbocycles. The van der Waals surface area contributed by atoms with Crippen molar-refractivity contribution in [3.05, 3.63) is 47.1 Å². The molecule has 0 unspecified atom stereocenters. The minimum atomic E-state index is -4.01. The van der Waals surface area contributed by atoms with E-state index in [-0.39, 0.29) is 10.8 Å². The standard InChI is InChI=1S/C13H15FN2O4S3/c1-16(2)23(19,20)13-8-7-10(21-13)9-15-22(17,18)12-6-4-3-5-11(12)14/h3-8,15H,9H2,1-2H3. The Hall–Kier alpha value is -1.33. The molecule has 2 aromatic rings. The van der Waals surface area contributed by atoms with Crippen LogP contribution in [-0.4, -0.2) is 35.2 Å². The van der Waals surface area contributed by atoms with Gasteiger partial charge in [-0.25, -0.2) is 30.3 Å². The molecule has 6 nitrogen and oxygen atoms in total. The van der Waals surface area contributed by atoms with Crippen LogP contribution in [0, 0.1) is 5.82 Å². The molecule has 0 spiro atoms. The monoisotopic (exact) mass is 378 g/mol. The Balaban J connectivity index is 2.16. The summed E-state index contributed by atoms with van der Waals surface area (Å²) in [7, 11) is -4.74. The lowest BCUT2D eigenvalue weighted by Crippen LogP contribution is -2.23. The molecule has 1 heterocycles. The van der Waals surface area contributed by atoms with Crippen molar-refractivity contribution in [3.8, 4) is 0 Å². The summed E-state index contributed by atoms with van der Waals surface area (Å²) in [6.45, 7) is -0.121. The number of nitrogens with zero attached hydrogens (tertiary/aromatic N) is 1. The largest absolute Gasteiger partial charge is 0.252 e. The van der Waals surface area contributed by atoms with Crippen LogP contribution in [0.5, 0.6) is 0 Å². The van der Waals surface area contributed by atoms with Crippen molar-refractivity contribution >= 4 is 31.4 Å². The highest BCUT2D eigenvalue weighted by atomic mass is 32.2. The van der Waals surface area contributed by atoms with E-state index in [0.29, 0.717) is 4.88 Å². The van der Waals surface area contributed by atoms with E-state index in [2.05, 4.69) is 4.72 Å². The number of hydrogen-bond acceptors (Lipinski definition) is 5. The SMILES string of the molecule is CN(C)S(=O)(=O)c1ccc(CNS(=O)(=O)c2ccccc2F)s1. The van der Waals surface area contributed by atoms with Crippen LogP contribution in [0.1, 0.15) is 4.88 Å². The summed E-state index contributed by atoms with van der Waals surface area (Å²) in [5.74, 6) is -0.845. The minimum absolute atomic E-state index is 0.114. The second-order valence-corrected chi connectivity index (χ2v) is 10.0. The average molecular weight is 378 g/mol. The van der Waals surface area contributed by atoms with Gasteiger partial charge in [-0.15, -0.1) is 11.3 Å². The summed E-state index contributed by atoms with van der Waals surface area (Å²) in [5, 5.41) is 0. The lowest BCUT2D eigenvalue weighted by molar-refractivity contribution is 0.523. The summed E-state index contributed by atoms with van der Waals surface area (Å²) in [4.78, 5) is 0.0584. The summed E-state index contributed by atoms with van der Waals surface area (Å²) in [6.07, 6.45) is 0. The van der Waals surface area contributed by atoms with Gasteiger partial charge in [-0.1, -0.05) is 12.1 Å². The maximum absolute atomic E-state index is 13.6. The van der Waals surface area contributed by atoms with Crippen LogP contribution in [0.3, 0.4) is 0 Å². The van der Waals surface area contributed by atoms with Gasteiger partial charge in [0, 0.05) is 25.5 Å². The third-order valence-corrected chi connectivity index (χ3v) is 7.74. The van der Waals surface area contributed by atoms with Crippen LogP contribution < -0.4 is 4.72 Å². The van der Waals surface area contributed by atoms with Gasteiger partial charge in [0.1, 0.15) is 14.9 Å². The number of hydrogen-bond donors (Lipinski definition) is 1. The van der Waals surface area contributed by atoms with Gasteiger partial charge in [0.2, 0.25) is 10.0 Å². The van der Waals surface area contributed by atoms with Gasteiger partial charge >= 0.3 is 0 Å². The van der Waals surface area contributed by atoms with Crippen LogP contribution in [-0.2, 0) is 26.6 Å².